The van der Waals surface area contributed by atoms with Crippen molar-refractivity contribution in [2.24, 2.45) is 0 Å². The fourth-order valence-electron chi connectivity index (χ4n) is 6.20. The molecule has 1 atom stereocenters. The van der Waals surface area contributed by atoms with Crippen molar-refractivity contribution in [3.05, 3.63) is 128 Å². The predicted molar refractivity (Wildman–Crippen MR) is 198 cm³/mol. The summed E-state index contributed by atoms with van der Waals surface area (Å²) in [7, 11) is -4.67. The molecule has 1 aliphatic carbocycles. The number of nitrogens with zero attached hydrogens (tertiary/aromatic N) is 2. The minimum atomic E-state index is -4.93. The summed E-state index contributed by atoms with van der Waals surface area (Å²) in [6.07, 6.45) is -0.471. The van der Waals surface area contributed by atoms with Gasteiger partial charge in [-0.1, -0.05) is 108 Å². The normalized spacial score (nSPS) is 14.4. The average Bonchev–Trinajstić information content (AvgIpc) is 3.10. The van der Waals surface area contributed by atoms with Crippen molar-refractivity contribution >= 4 is 62.3 Å². The Balaban J connectivity index is 1.64. The molecule has 0 heterocycles. The second-order valence-corrected chi connectivity index (χ2v) is 15.8. The lowest BCUT2D eigenvalue weighted by Crippen LogP contribution is -2.55. The number of hydrogen-bond donors (Lipinski definition) is 1. The lowest BCUT2D eigenvalue weighted by molar-refractivity contribution is -0.140. The smallest absolute Gasteiger partial charge is 0.352 e. The SMILES string of the molecule is Cc1ccc(S(=O)(=O)N(CC(=O)N(Cc2c(Cl)cccc2Cl)[C@H](Cc2ccccc2)C(=O)NC2CCCCC2)c2ccc(Cl)c(C(F)(F)F)c2)cc1. The monoisotopic (exact) mass is 793 g/mol. The molecule has 52 heavy (non-hydrogen) atoms. The summed E-state index contributed by atoms with van der Waals surface area (Å²) in [4.78, 5) is 30.0. The van der Waals surface area contributed by atoms with Crippen LogP contribution in [0.15, 0.2) is 95.9 Å². The number of benzene rings is 4. The molecule has 0 aromatic heterocycles. The van der Waals surface area contributed by atoms with Crippen molar-refractivity contribution < 1.29 is 31.2 Å². The van der Waals surface area contributed by atoms with E-state index in [4.69, 9.17) is 34.8 Å². The largest absolute Gasteiger partial charge is 0.417 e. The number of sulfonamides is 1. The van der Waals surface area contributed by atoms with Gasteiger partial charge in [0.1, 0.15) is 12.6 Å². The highest BCUT2D eigenvalue weighted by atomic mass is 35.5. The van der Waals surface area contributed by atoms with Crippen molar-refractivity contribution in [3.63, 3.8) is 0 Å². The van der Waals surface area contributed by atoms with Gasteiger partial charge in [0.2, 0.25) is 11.8 Å². The molecule has 0 bridgehead atoms. The minimum Gasteiger partial charge on any atom is -0.352 e. The van der Waals surface area contributed by atoms with Crippen molar-refractivity contribution in [1.29, 1.82) is 0 Å². The highest BCUT2D eigenvalue weighted by Gasteiger charge is 2.38. The summed E-state index contributed by atoms with van der Waals surface area (Å²) in [6.45, 7) is 0.467. The van der Waals surface area contributed by atoms with E-state index in [2.05, 4.69) is 5.32 Å². The average molecular weight is 795 g/mol. The molecule has 4 aromatic rings. The van der Waals surface area contributed by atoms with E-state index in [0.29, 0.717) is 21.5 Å². The van der Waals surface area contributed by atoms with E-state index in [-0.39, 0.29) is 33.9 Å². The molecule has 2 amide bonds. The Labute approximate surface area is 316 Å². The quantitative estimate of drug-likeness (QED) is 0.155. The minimum absolute atomic E-state index is 0.0388. The predicted octanol–water partition coefficient (Wildman–Crippen LogP) is 9.26. The number of anilines is 1. The molecule has 14 heteroatoms. The summed E-state index contributed by atoms with van der Waals surface area (Å²) in [5, 5.41) is 2.85. The zero-order chi connectivity index (χ0) is 37.6. The van der Waals surface area contributed by atoms with Crippen LogP contribution in [-0.4, -0.2) is 43.8 Å². The zero-order valence-electron chi connectivity index (χ0n) is 28.2. The van der Waals surface area contributed by atoms with Crippen molar-refractivity contribution in [3.8, 4) is 0 Å². The van der Waals surface area contributed by atoms with E-state index in [0.717, 1.165) is 49.8 Å². The van der Waals surface area contributed by atoms with Crippen molar-refractivity contribution in [1.82, 2.24) is 10.2 Å². The molecule has 276 valence electrons. The number of halogens is 6. The van der Waals surface area contributed by atoms with Crippen LogP contribution in [0.25, 0.3) is 0 Å². The number of carbonyl (C=O) groups is 2. The number of aryl methyl sites for hydroxylation is 1. The number of amides is 2. The number of hydrogen-bond acceptors (Lipinski definition) is 4. The van der Waals surface area contributed by atoms with E-state index in [1.165, 1.54) is 29.2 Å². The summed E-state index contributed by atoms with van der Waals surface area (Å²) in [6, 6.07) is 20.7. The standard InChI is InChI=1S/C38H37Cl3F3N3O4S/c1-25-15-18-29(19-16-25)52(50,51)47(28-17-20-34(41)31(22-28)38(42,43)44)24-36(48)46(23-30-32(39)13-8-14-33(30)40)35(21-26-9-4-2-5-10-26)37(49)45-27-11-6-3-7-12-27/h2,4-5,8-10,13-20,22,27,35H,3,6-7,11-12,21,23-24H2,1H3,(H,45,49)/t35-/m1/s1. The van der Waals surface area contributed by atoms with Gasteiger partial charge < -0.3 is 10.2 Å². The van der Waals surface area contributed by atoms with Gasteiger partial charge in [-0.2, -0.15) is 13.2 Å². The van der Waals surface area contributed by atoms with Crippen LogP contribution in [0, 0.1) is 6.92 Å². The molecular weight excluding hydrogens is 758 g/mol. The van der Waals surface area contributed by atoms with E-state index in [1.54, 1.807) is 49.4 Å². The van der Waals surface area contributed by atoms with Crippen LogP contribution in [0.4, 0.5) is 18.9 Å². The summed E-state index contributed by atoms with van der Waals surface area (Å²) >= 11 is 19.1. The molecule has 0 spiro atoms. The maximum absolute atomic E-state index is 14.8. The van der Waals surface area contributed by atoms with Gasteiger partial charge in [0, 0.05) is 34.6 Å². The van der Waals surface area contributed by atoms with E-state index in [1.807, 2.05) is 6.07 Å². The van der Waals surface area contributed by atoms with Gasteiger partial charge >= 0.3 is 6.18 Å². The fourth-order valence-corrected chi connectivity index (χ4v) is 8.35. The first-order valence-corrected chi connectivity index (χ1v) is 19.3. The Bertz CT molecular complexity index is 1970. The molecule has 0 unspecified atom stereocenters. The topological polar surface area (TPSA) is 86.8 Å². The Morgan fingerprint density at radius 1 is 0.846 bits per heavy atom. The van der Waals surface area contributed by atoms with E-state index >= 15 is 0 Å². The van der Waals surface area contributed by atoms with Crippen LogP contribution < -0.4 is 9.62 Å². The van der Waals surface area contributed by atoms with Crippen LogP contribution in [-0.2, 0) is 38.8 Å². The highest BCUT2D eigenvalue weighted by Crippen LogP contribution is 2.38. The lowest BCUT2D eigenvalue weighted by Gasteiger charge is -2.35. The maximum Gasteiger partial charge on any atom is 0.417 e. The Morgan fingerprint density at radius 2 is 1.48 bits per heavy atom. The third-order valence-electron chi connectivity index (χ3n) is 9.04. The summed E-state index contributed by atoms with van der Waals surface area (Å²) in [5.41, 5.74) is 0.0276. The highest BCUT2D eigenvalue weighted by molar-refractivity contribution is 7.92. The number of alkyl halides is 3. The van der Waals surface area contributed by atoms with E-state index < -0.39 is 56.9 Å². The molecule has 4 aromatic carbocycles. The Morgan fingerprint density at radius 3 is 2.10 bits per heavy atom. The van der Waals surface area contributed by atoms with Crippen LogP contribution >= 0.6 is 34.8 Å². The van der Waals surface area contributed by atoms with Crippen LogP contribution in [0.3, 0.4) is 0 Å². The molecule has 1 saturated carbocycles. The van der Waals surface area contributed by atoms with E-state index in [9.17, 15) is 31.2 Å². The molecular formula is C38H37Cl3F3N3O4S. The van der Waals surface area contributed by atoms with Crippen molar-refractivity contribution in [2.45, 2.75) is 75.1 Å². The van der Waals surface area contributed by atoms with Gasteiger partial charge in [-0.25, -0.2) is 8.42 Å². The number of carbonyl (C=O) groups excluding carboxylic acids is 2. The first-order valence-electron chi connectivity index (χ1n) is 16.7. The molecule has 0 saturated heterocycles. The van der Waals surface area contributed by atoms with Crippen LogP contribution in [0.1, 0.15) is 54.4 Å². The molecule has 0 aliphatic heterocycles. The van der Waals surface area contributed by atoms with Gasteiger partial charge in [-0.05, 0) is 67.8 Å². The maximum atomic E-state index is 14.8. The van der Waals surface area contributed by atoms with Gasteiger partial charge in [-0.15, -0.1) is 0 Å². The van der Waals surface area contributed by atoms with Gasteiger partial charge in [0.15, 0.2) is 0 Å². The third kappa shape index (κ3) is 9.60. The molecule has 1 fully saturated rings. The molecule has 1 N–H and O–H groups in total. The molecule has 5 rings (SSSR count). The Hall–Kier alpha value is -3.77. The first-order chi connectivity index (χ1) is 24.6. The Kier molecular flexibility index (Phi) is 12.8. The summed E-state index contributed by atoms with van der Waals surface area (Å²) < 4.78 is 71.4. The zero-order valence-corrected chi connectivity index (χ0v) is 31.3. The lowest BCUT2D eigenvalue weighted by atomic mass is 9.94. The fraction of sp³-hybridized carbons (Fsp3) is 0.316. The van der Waals surface area contributed by atoms with Gasteiger partial charge in [0.05, 0.1) is 21.2 Å². The summed E-state index contributed by atoms with van der Waals surface area (Å²) in [5.74, 6) is -1.35. The number of rotatable bonds is 12. The first kappa shape index (κ1) is 39.4. The van der Waals surface area contributed by atoms with Gasteiger partial charge in [-0.3, -0.25) is 13.9 Å². The van der Waals surface area contributed by atoms with Crippen LogP contribution in [0.2, 0.25) is 15.1 Å². The molecule has 7 nitrogen and oxygen atoms in total. The second-order valence-electron chi connectivity index (χ2n) is 12.8. The molecule has 0 radical (unpaired) electrons. The second kappa shape index (κ2) is 16.9. The third-order valence-corrected chi connectivity index (χ3v) is 11.9. The van der Waals surface area contributed by atoms with Gasteiger partial charge in [0.25, 0.3) is 10.0 Å². The number of nitrogens with one attached hydrogen (secondary N) is 1. The van der Waals surface area contributed by atoms with Crippen molar-refractivity contribution in [2.75, 3.05) is 10.8 Å². The molecule has 1 aliphatic rings. The van der Waals surface area contributed by atoms with Crippen LogP contribution in [0.5, 0.6) is 0 Å².